The van der Waals surface area contributed by atoms with Crippen LogP contribution in [0.4, 0.5) is 5.69 Å². The Balaban J connectivity index is 2.07. The highest BCUT2D eigenvalue weighted by Gasteiger charge is 2.14. The fraction of sp³-hybridized carbons (Fsp3) is 0.100. The van der Waals surface area contributed by atoms with Crippen LogP contribution in [0.15, 0.2) is 33.7 Å². The van der Waals surface area contributed by atoms with Crippen molar-refractivity contribution in [2.24, 2.45) is 0 Å². The van der Waals surface area contributed by atoms with Crippen LogP contribution in [0.3, 0.4) is 0 Å². The van der Waals surface area contributed by atoms with Gasteiger partial charge in [0.05, 0.1) is 10.7 Å². The first kappa shape index (κ1) is 12.7. The summed E-state index contributed by atoms with van der Waals surface area (Å²) in [5, 5.41) is 5.66. The second-order valence-electron chi connectivity index (χ2n) is 3.44. The van der Waals surface area contributed by atoms with Crippen molar-refractivity contribution in [2.45, 2.75) is 6.54 Å². The molecule has 0 saturated carbocycles. The van der Waals surface area contributed by atoms with Crippen molar-refractivity contribution in [3.05, 3.63) is 44.9 Å². The molecule has 0 aliphatic carbocycles. The van der Waals surface area contributed by atoms with E-state index in [2.05, 4.69) is 15.1 Å². The van der Waals surface area contributed by atoms with E-state index >= 15 is 0 Å². The van der Waals surface area contributed by atoms with Gasteiger partial charge in [0.1, 0.15) is 0 Å². The lowest BCUT2D eigenvalue weighted by Crippen LogP contribution is -2.41. The monoisotopic (exact) mass is 288 g/mol. The summed E-state index contributed by atoms with van der Waals surface area (Å²) in [6.07, 6.45) is 1.12. The van der Waals surface area contributed by atoms with E-state index in [1.807, 2.05) is 0 Å². The minimum Gasteiger partial charge on any atom is -0.319 e. The summed E-state index contributed by atoms with van der Waals surface area (Å²) in [7, 11) is 0. The lowest BCUT2D eigenvalue weighted by molar-refractivity contribution is -0.750. The first-order chi connectivity index (χ1) is 8.54. The van der Waals surface area contributed by atoms with Crippen LogP contribution in [-0.2, 0) is 11.3 Å². The van der Waals surface area contributed by atoms with Crippen molar-refractivity contribution in [3.8, 4) is 0 Å². The number of H-pyrrole nitrogens is 1. The maximum absolute atomic E-state index is 11.7. The van der Waals surface area contributed by atoms with Crippen LogP contribution in [0.5, 0.6) is 0 Å². The zero-order valence-corrected chi connectivity index (χ0v) is 10.5. The third-order valence-electron chi connectivity index (χ3n) is 2.04. The third-order valence-corrected chi connectivity index (χ3v) is 2.61. The number of nitrogens with zero attached hydrogens (tertiary/aromatic N) is 1. The van der Waals surface area contributed by atoms with E-state index < -0.39 is 5.63 Å². The Morgan fingerprint density at radius 2 is 2.22 bits per heavy atom. The molecule has 0 bridgehead atoms. The quantitative estimate of drug-likeness (QED) is 0.833. The summed E-state index contributed by atoms with van der Waals surface area (Å²) in [6, 6.07) is 4.72. The van der Waals surface area contributed by atoms with E-state index in [-0.39, 0.29) is 12.5 Å². The van der Waals surface area contributed by atoms with Gasteiger partial charge in [0.2, 0.25) is 0 Å². The molecule has 8 heteroatoms. The highest BCUT2D eigenvalue weighted by Crippen LogP contribution is 2.25. The Labute approximate surface area is 111 Å². The average molecular weight is 289 g/mol. The Hall–Kier alpha value is -1.79. The summed E-state index contributed by atoms with van der Waals surface area (Å²) in [5.41, 5.74) is -0.163. The SMILES string of the molecule is O=C(C[n+]1cc(=O)o[nH]1)Nc1cc(Cl)ccc1Cl. The fourth-order valence-corrected chi connectivity index (χ4v) is 1.64. The van der Waals surface area contributed by atoms with Crippen molar-refractivity contribution < 1.29 is 14.0 Å². The molecule has 6 nitrogen and oxygen atoms in total. The Morgan fingerprint density at radius 1 is 1.44 bits per heavy atom. The number of nitrogens with one attached hydrogen (secondary N) is 2. The molecule has 2 aromatic rings. The topological polar surface area (TPSA) is 79.0 Å². The zero-order chi connectivity index (χ0) is 13.1. The number of rotatable bonds is 3. The minimum absolute atomic E-state index is 0.103. The molecule has 2 N–H and O–H groups in total. The number of benzene rings is 1. The van der Waals surface area contributed by atoms with Gasteiger partial charge in [-0.25, -0.2) is 4.79 Å². The molecule has 0 radical (unpaired) electrons. The summed E-state index contributed by atoms with van der Waals surface area (Å²) >= 11 is 11.7. The van der Waals surface area contributed by atoms with E-state index in [1.54, 1.807) is 12.1 Å². The standard InChI is InChI=1S/C10H7Cl2N3O3/c11-6-1-2-7(12)8(3-6)13-9(16)4-15-5-10(17)18-14-15/h1-3,5H,4H2,(H-,13,14,16,17)/p+1. The van der Waals surface area contributed by atoms with Crippen LogP contribution in [0.25, 0.3) is 0 Å². The van der Waals surface area contributed by atoms with Crippen LogP contribution in [0.1, 0.15) is 0 Å². The summed E-state index contributed by atoms with van der Waals surface area (Å²) < 4.78 is 5.62. The molecule has 2 rings (SSSR count). The van der Waals surface area contributed by atoms with E-state index in [0.717, 1.165) is 6.20 Å². The molecule has 0 atom stereocenters. The normalized spacial score (nSPS) is 10.3. The van der Waals surface area contributed by atoms with Gasteiger partial charge in [0.25, 0.3) is 18.6 Å². The number of anilines is 1. The maximum Gasteiger partial charge on any atom is 0.426 e. The summed E-state index contributed by atoms with van der Waals surface area (Å²) in [5.74, 6) is -0.374. The molecule has 0 spiro atoms. The number of amides is 1. The Kier molecular flexibility index (Phi) is 3.69. The molecular weight excluding hydrogens is 281 g/mol. The van der Waals surface area contributed by atoms with Gasteiger partial charge in [-0.3, -0.25) is 9.32 Å². The number of carbonyl (C=O) groups excluding carboxylic acids is 1. The second kappa shape index (κ2) is 5.24. The number of carbonyl (C=O) groups is 1. The molecule has 94 valence electrons. The van der Waals surface area contributed by atoms with Gasteiger partial charge in [-0.05, 0) is 23.5 Å². The number of hydrogen-bond acceptors (Lipinski definition) is 3. The van der Waals surface area contributed by atoms with Gasteiger partial charge in [0.15, 0.2) is 0 Å². The van der Waals surface area contributed by atoms with Crippen molar-refractivity contribution in [1.29, 1.82) is 0 Å². The average Bonchev–Trinajstić information content (AvgIpc) is 2.69. The largest absolute Gasteiger partial charge is 0.426 e. The fourth-order valence-electron chi connectivity index (χ4n) is 1.30. The van der Waals surface area contributed by atoms with Crippen molar-refractivity contribution >= 4 is 34.8 Å². The molecule has 0 saturated heterocycles. The maximum atomic E-state index is 11.7. The van der Waals surface area contributed by atoms with E-state index in [4.69, 9.17) is 23.2 Å². The van der Waals surface area contributed by atoms with Gasteiger partial charge in [-0.1, -0.05) is 27.9 Å². The highest BCUT2D eigenvalue weighted by molar-refractivity contribution is 6.35. The first-order valence-electron chi connectivity index (χ1n) is 4.87. The van der Waals surface area contributed by atoms with Gasteiger partial charge in [-0.2, -0.15) is 0 Å². The first-order valence-corrected chi connectivity index (χ1v) is 5.63. The van der Waals surface area contributed by atoms with E-state index in [1.165, 1.54) is 10.7 Å². The predicted octanol–water partition coefficient (Wildman–Crippen LogP) is 1.20. The molecule has 18 heavy (non-hydrogen) atoms. The van der Waals surface area contributed by atoms with Gasteiger partial charge in [-0.15, -0.1) is 0 Å². The predicted molar refractivity (Wildman–Crippen MR) is 64.6 cm³/mol. The van der Waals surface area contributed by atoms with Crippen LogP contribution in [0.2, 0.25) is 10.0 Å². The van der Waals surface area contributed by atoms with Crippen LogP contribution in [0, 0.1) is 0 Å². The van der Waals surface area contributed by atoms with Gasteiger partial charge in [0, 0.05) is 5.02 Å². The van der Waals surface area contributed by atoms with Crippen LogP contribution >= 0.6 is 23.2 Å². The van der Waals surface area contributed by atoms with Gasteiger partial charge < -0.3 is 5.32 Å². The highest BCUT2D eigenvalue weighted by atomic mass is 35.5. The number of hydrogen-bond donors (Lipinski definition) is 2. The van der Waals surface area contributed by atoms with E-state index in [0.29, 0.717) is 15.7 Å². The molecule has 0 unspecified atom stereocenters. The molecular formula is C10H8Cl2N3O3+. The lowest BCUT2D eigenvalue weighted by atomic mass is 10.3. The number of aromatic nitrogens is 2. The number of halogens is 2. The summed E-state index contributed by atoms with van der Waals surface area (Å²) in [6.45, 7) is -0.103. The van der Waals surface area contributed by atoms with Crippen molar-refractivity contribution in [1.82, 2.24) is 5.27 Å². The van der Waals surface area contributed by atoms with E-state index in [9.17, 15) is 9.59 Å². The minimum atomic E-state index is -0.566. The van der Waals surface area contributed by atoms with Gasteiger partial charge >= 0.3 is 5.63 Å². The smallest absolute Gasteiger partial charge is 0.319 e. The number of aromatic amines is 1. The lowest BCUT2D eigenvalue weighted by Gasteiger charge is -2.04. The second-order valence-corrected chi connectivity index (χ2v) is 4.29. The molecule has 1 amide bonds. The molecule has 0 aliphatic heterocycles. The summed E-state index contributed by atoms with van der Waals surface area (Å²) in [4.78, 5) is 22.4. The zero-order valence-electron chi connectivity index (χ0n) is 8.94. The van der Waals surface area contributed by atoms with Crippen molar-refractivity contribution in [3.63, 3.8) is 0 Å². The van der Waals surface area contributed by atoms with Crippen LogP contribution in [-0.4, -0.2) is 11.2 Å². The third kappa shape index (κ3) is 3.12. The molecule has 1 aromatic heterocycles. The van der Waals surface area contributed by atoms with Crippen molar-refractivity contribution in [2.75, 3.05) is 5.32 Å². The van der Waals surface area contributed by atoms with Crippen LogP contribution < -0.4 is 15.6 Å². The molecule has 0 fully saturated rings. The Morgan fingerprint density at radius 3 is 2.89 bits per heavy atom. The molecule has 0 aliphatic rings. The Bertz CT molecular complexity index is 635. The molecule has 1 heterocycles. The molecule has 1 aromatic carbocycles.